The fraction of sp³-hybridized carbons (Fsp3) is 0.133. The van der Waals surface area contributed by atoms with Crippen LogP contribution in [0.4, 0.5) is 5.69 Å². The van der Waals surface area contributed by atoms with Crippen molar-refractivity contribution in [1.82, 2.24) is 0 Å². The van der Waals surface area contributed by atoms with Crippen LogP contribution in [0.15, 0.2) is 48.5 Å². The van der Waals surface area contributed by atoms with Gasteiger partial charge in [0.25, 0.3) is 0 Å². The van der Waals surface area contributed by atoms with E-state index in [1.165, 1.54) is 16.7 Å². The normalized spacial score (nSPS) is 13.9. The van der Waals surface area contributed by atoms with E-state index in [1.807, 2.05) is 42.0 Å². The van der Waals surface area contributed by atoms with Gasteiger partial charge in [0.05, 0.1) is 12.0 Å². The van der Waals surface area contributed by atoms with Gasteiger partial charge in [0.2, 0.25) is 5.69 Å². The summed E-state index contributed by atoms with van der Waals surface area (Å²) in [5.41, 5.74) is 4.60. The molecule has 2 nitrogen and oxygen atoms in total. The van der Waals surface area contributed by atoms with Gasteiger partial charge in [0.15, 0.2) is 0 Å². The monoisotopic (exact) mass is 224 g/mol. The van der Waals surface area contributed by atoms with Crippen LogP contribution in [-0.2, 0) is 6.42 Å². The molecule has 0 spiro atoms. The van der Waals surface area contributed by atoms with Gasteiger partial charge in [-0.1, -0.05) is 36.4 Å². The van der Waals surface area contributed by atoms with E-state index in [2.05, 4.69) is 18.2 Å². The SMILES string of the molecule is C[N+]1=C(O)Cc2ccccc2-c2ccccc21. The molecule has 2 aromatic carbocycles. The van der Waals surface area contributed by atoms with E-state index in [0.29, 0.717) is 12.3 Å². The molecule has 2 heteroatoms. The van der Waals surface area contributed by atoms with Crippen molar-refractivity contribution in [2.45, 2.75) is 6.42 Å². The van der Waals surface area contributed by atoms with Gasteiger partial charge in [-0.2, -0.15) is 4.58 Å². The molecule has 0 fully saturated rings. The maximum absolute atomic E-state index is 10.1. The molecule has 0 amide bonds. The minimum Gasteiger partial charge on any atom is -0.463 e. The van der Waals surface area contributed by atoms with Crippen LogP contribution in [0.25, 0.3) is 11.1 Å². The van der Waals surface area contributed by atoms with Crippen molar-refractivity contribution in [2.75, 3.05) is 7.05 Å². The molecule has 0 saturated heterocycles. The minimum atomic E-state index is 0.391. The highest BCUT2D eigenvalue weighted by molar-refractivity contribution is 5.85. The average molecular weight is 224 g/mol. The zero-order chi connectivity index (χ0) is 11.8. The second kappa shape index (κ2) is 3.74. The Morgan fingerprint density at radius 1 is 0.941 bits per heavy atom. The Morgan fingerprint density at radius 3 is 2.41 bits per heavy atom. The van der Waals surface area contributed by atoms with Crippen LogP contribution in [0.5, 0.6) is 0 Å². The van der Waals surface area contributed by atoms with Gasteiger partial charge >= 0.3 is 5.90 Å². The van der Waals surface area contributed by atoms with Crippen molar-refractivity contribution < 1.29 is 9.68 Å². The summed E-state index contributed by atoms with van der Waals surface area (Å²) in [6, 6.07) is 16.4. The van der Waals surface area contributed by atoms with Gasteiger partial charge < -0.3 is 5.11 Å². The summed E-state index contributed by atoms with van der Waals surface area (Å²) >= 11 is 0. The molecule has 2 aromatic rings. The molecule has 0 radical (unpaired) electrons. The van der Waals surface area contributed by atoms with Crippen molar-refractivity contribution in [2.24, 2.45) is 0 Å². The van der Waals surface area contributed by atoms with Crippen LogP contribution in [0.3, 0.4) is 0 Å². The topological polar surface area (TPSA) is 23.2 Å². The third-order valence-electron chi connectivity index (χ3n) is 3.31. The Morgan fingerprint density at radius 2 is 1.59 bits per heavy atom. The number of hydrogen-bond donors (Lipinski definition) is 1. The van der Waals surface area contributed by atoms with Gasteiger partial charge in [-0.3, -0.25) is 0 Å². The zero-order valence-corrected chi connectivity index (χ0v) is 9.72. The van der Waals surface area contributed by atoms with Crippen molar-refractivity contribution in [1.29, 1.82) is 0 Å². The summed E-state index contributed by atoms with van der Waals surface area (Å²) in [5, 5.41) is 10.1. The fourth-order valence-electron chi connectivity index (χ4n) is 2.36. The molecule has 0 atom stereocenters. The number of hydrogen-bond acceptors (Lipinski definition) is 0. The van der Waals surface area contributed by atoms with E-state index >= 15 is 0 Å². The highest BCUT2D eigenvalue weighted by Crippen LogP contribution is 2.34. The smallest absolute Gasteiger partial charge is 0.344 e. The van der Waals surface area contributed by atoms with Crippen molar-refractivity contribution >= 4 is 11.6 Å². The second-order valence-electron chi connectivity index (χ2n) is 4.33. The maximum Gasteiger partial charge on any atom is 0.344 e. The first-order chi connectivity index (χ1) is 8.27. The van der Waals surface area contributed by atoms with E-state index in [0.717, 1.165) is 5.69 Å². The van der Waals surface area contributed by atoms with E-state index in [-0.39, 0.29) is 0 Å². The van der Waals surface area contributed by atoms with E-state index in [1.54, 1.807) is 0 Å². The van der Waals surface area contributed by atoms with Gasteiger partial charge in [0.1, 0.15) is 7.05 Å². The number of benzene rings is 2. The van der Waals surface area contributed by atoms with E-state index in [9.17, 15) is 5.11 Å². The molecule has 0 saturated carbocycles. The molecule has 0 unspecified atom stereocenters. The quantitative estimate of drug-likeness (QED) is 0.683. The first-order valence-corrected chi connectivity index (χ1v) is 5.73. The Kier molecular flexibility index (Phi) is 2.22. The predicted molar refractivity (Wildman–Crippen MR) is 69.1 cm³/mol. The van der Waals surface area contributed by atoms with Gasteiger partial charge in [-0.25, -0.2) is 0 Å². The summed E-state index contributed by atoms with van der Waals surface area (Å²) < 4.78 is 1.86. The lowest BCUT2D eigenvalue weighted by atomic mass is 9.98. The van der Waals surface area contributed by atoms with E-state index < -0.39 is 0 Å². The third kappa shape index (κ3) is 1.53. The molecule has 84 valence electrons. The largest absolute Gasteiger partial charge is 0.463 e. The molecule has 3 rings (SSSR count). The summed E-state index contributed by atoms with van der Waals surface area (Å²) in [7, 11) is 1.90. The lowest BCUT2D eigenvalue weighted by Gasteiger charge is -2.05. The molecule has 1 aliphatic rings. The highest BCUT2D eigenvalue weighted by Gasteiger charge is 2.24. The fourth-order valence-corrected chi connectivity index (χ4v) is 2.36. The van der Waals surface area contributed by atoms with Crippen LogP contribution in [0, 0.1) is 0 Å². The highest BCUT2D eigenvalue weighted by atomic mass is 16.3. The molecule has 1 heterocycles. The number of nitrogens with zero attached hydrogens (tertiary/aromatic N) is 1. The van der Waals surface area contributed by atoms with Crippen LogP contribution >= 0.6 is 0 Å². The number of aliphatic hydroxyl groups is 1. The molecule has 1 aliphatic heterocycles. The maximum atomic E-state index is 10.1. The van der Waals surface area contributed by atoms with E-state index in [4.69, 9.17) is 0 Å². The molecule has 0 aromatic heterocycles. The van der Waals surface area contributed by atoms with Crippen molar-refractivity contribution in [3.05, 3.63) is 54.1 Å². The molecular formula is C15H14NO+. The van der Waals surface area contributed by atoms with Crippen LogP contribution in [0.1, 0.15) is 5.56 Å². The Bertz CT molecular complexity index is 614. The predicted octanol–water partition coefficient (Wildman–Crippen LogP) is 3.14. The average Bonchev–Trinajstić information content (AvgIpc) is 2.48. The molecule has 1 N–H and O–H groups in total. The number of rotatable bonds is 0. The molecular weight excluding hydrogens is 210 g/mol. The number of aliphatic hydroxyl groups excluding tert-OH is 1. The number of para-hydroxylation sites is 1. The lowest BCUT2D eigenvalue weighted by molar-refractivity contribution is -0.415. The Hall–Kier alpha value is -2.09. The summed E-state index contributed by atoms with van der Waals surface area (Å²) in [5.74, 6) is 0.391. The first kappa shape index (κ1) is 10.1. The molecule has 17 heavy (non-hydrogen) atoms. The van der Waals surface area contributed by atoms with Crippen LogP contribution < -0.4 is 0 Å². The summed E-state index contributed by atoms with van der Waals surface area (Å²) in [4.78, 5) is 0. The Balaban J connectivity index is 2.38. The minimum absolute atomic E-state index is 0.391. The zero-order valence-electron chi connectivity index (χ0n) is 9.72. The second-order valence-corrected chi connectivity index (χ2v) is 4.33. The molecule has 0 aliphatic carbocycles. The lowest BCUT2D eigenvalue weighted by Crippen LogP contribution is -2.13. The van der Waals surface area contributed by atoms with Crippen LogP contribution in [0.2, 0.25) is 0 Å². The number of fused-ring (bicyclic) bond motifs is 3. The van der Waals surface area contributed by atoms with Gasteiger partial charge in [0, 0.05) is 6.07 Å². The standard InChI is InChI=1S/C15H13NO/c1-16-14-9-5-4-8-13(14)12-7-3-2-6-11(12)10-15(16)17/h2-9H,10H2,1H3/p+1. The van der Waals surface area contributed by atoms with Crippen molar-refractivity contribution in [3.8, 4) is 11.1 Å². The Labute approximate surface area is 100 Å². The van der Waals surface area contributed by atoms with Crippen LogP contribution in [-0.4, -0.2) is 22.6 Å². The molecule has 0 bridgehead atoms. The van der Waals surface area contributed by atoms with Crippen molar-refractivity contribution in [3.63, 3.8) is 0 Å². The summed E-state index contributed by atoms with van der Waals surface area (Å²) in [6.07, 6.45) is 0.585. The first-order valence-electron chi connectivity index (χ1n) is 5.73. The summed E-state index contributed by atoms with van der Waals surface area (Å²) in [6.45, 7) is 0. The van der Waals surface area contributed by atoms with Gasteiger partial charge in [-0.05, 0) is 17.2 Å². The third-order valence-corrected chi connectivity index (χ3v) is 3.31. The van der Waals surface area contributed by atoms with Gasteiger partial charge in [-0.15, -0.1) is 0 Å².